The summed E-state index contributed by atoms with van der Waals surface area (Å²) >= 11 is 0. The molecule has 0 amide bonds. The molecule has 0 unspecified atom stereocenters. The van der Waals surface area contributed by atoms with Gasteiger partial charge in [0, 0.05) is 24.1 Å². The van der Waals surface area contributed by atoms with Crippen molar-refractivity contribution in [3.63, 3.8) is 0 Å². The molecule has 0 saturated carbocycles. The van der Waals surface area contributed by atoms with Crippen LogP contribution in [0.5, 0.6) is 0 Å². The fourth-order valence-electron chi connectivity index (χ4n) is 2.36. The number of non-ortho nitro benzene ring substituents is 1. The van der Waals surface area contributed by atoms with Crippen molar-refractivity contribution in [3.05, 3.63) is 81.4 Å². The Kier molecular flexibility index (Phi) is 4.08. The molecule has 1 aromatic heterocycles. The van der Waals surface area contributed by atoms with Crippen LogP contribution in [0, 0.1) is 28.4 Å². The summed E-state index contributed by atoms with van der Waals surface area (Å²) in [6.07, 6.45) is 1.99. The number of benzene rings is 2. The topological polar surface area (TPSA) is 93.0 Å². The van der Waals surface area contributed by atoms with Gasteiger partial charge in [0.15, 0.2) is 11.7 Å². The van der Waals surface area contributed by atoms with Crippen LogP contribution >= 0.6 is 0 Å². The first kappa shape index (κ1) is 15.4. The summed E-state index contributed by atoms with van der Waals surface area (Å²) in [6.45, 7) is 1.89. The molecule has 1 heterocycles. The molecular formula is C18H13N3O3. The van der Waals surface area contributed by atoms with Crippen molar-refractivity contribution < 1.29 is 9.34 Å². The van der Waals surface area contributed by atoms with E-state index in [1.165, 1.54) is 6.07 Å². The molecule has 24 heavy (non-hydrogen) atoms. The van der Waals surface area contributed by atoms with E-state index in [1.807, 2.05) is 6.92 Å². The van der Waals surface area contributed by atoms with Crippen LogP contribution in [0.4, 0.5) is 5.69 Å². The second-order valence-corrected chi connectivity index (χ2v) is 5.35. The van der Waals surface area contributed by atoms with Gasteiger partial charge in [-0.25, -0.2) is 4.98 Å². The first-order valence-corrected chi connectivity index (χ1v) is 7.26. The quantitative estimate of drug-likeness (QED) is 0.535. The molecule has 0 aliphatic carbocycles. The Morgan fingerprint density at radius 1 is 1.25 bits per heavy atom. The molecule has 0 radical (unpaired) electrons. The molecule has 0 atom stereocenters. The van der Waals surface area contributed by atoms with E-state index in [0.29, 0.717) is 23.6 Å². The highest BCUT2D eigenvalue weighted by Gasteiger charge is 2.12. The number of nitro groups is 1. The second-order valence-electron chi connectivity index (χ2n) is 5.35. The van der Waals surface area contributed by atoms with Gasteiger partial charge in [-0.1, -0.05) is 6.07 Å². The van der Waals surface area contributed by atoms with E-state index >= 15 is 0 Å². The maximum absolute atomic E-state index is 10.9. The van der Waals surface area contributed by atoms with E-state index in [4.69, 9.17) is 9.68 Å². The van der Waals surface area contributed by atoms with Crippen LogP contribution < -0.4 is 0 Å². The Bertz CT molecular complexity index is 937. The smallest absolute Gasteiger partial charge is 0.269 e. The molecule has 0 fully saturated rings. The number of hydrogen-bond acceptors (Lipinski definition) is 5. The molecule has 3 rings (SSSR count). The largest absolute Gasteiger partial charge is 0.440 e. The molecule has 6 nitrogen and oxygen atoms in total. The van der Waals surface area contributed by atoms with Gasteiger partial charge in [0.05, 0.1) is 22.8 Å². The van der Waals surface area contributed by atoms with Crippen molar-refractivity contribution in [3.8, 4) is 17.4 Å². The van der Waals surface area contributed by atoms with Crippen LogP contribution in [0.3, 0.4) is 0 Å². The summed E-state index contributed by atoms with van der Waals surface area (Å²) in [7, 11) is 0. The second kappa shape index (κ2) is 6.34. The Morgan fingerprint density at radius 3 is 2.67 bits per heavy atom. The first-order valence-electron chi connectivity index (χ1n) is 7.26. The Hall–Kier alpha value is -3.46. The highest BCUT2D eigenvalue weighted by molar-refractivity contribution is 5.57. The van der Waals surface area contributed by atoms with Crippen LogP contribution in [0.1, 0.15) is 22.6 Å². The van der Waals surface area contributed by atoms with Gasteiger partial charge in [0.25, 0.3) is 5.69 Å². The van der Waals surface area contributed by atoms with Crippen molar-refractivity contribution in [1.29, 1.82) is 5.26 Å². The first-order chi connectivity index (χ1) is 11.6. The number of oxazole rings is 1. The summed E-state index contributed by atoms with van der Waals surface area (Å²) in [4.78, 5) is 14.7. The summed E-state index contributed by atoms with van der Waals surface area (Å²) in [5.41, 5.74) is 3.19. The lowest BCUT2D eigenvalue weighted by molar-refractivity contribution is -0.384. The van der Waals surface area contributed by atoms with Crippen LogP contribution in [-0.2, 0) is 6.42 Å². The highest BCUT2D eigenvalue weighted by Crippen LogP contribution is 2.24. The van der Waals surface area contributed by atoms with Crippen molar-refractivity contribution in [1.82, 2.24) is 4.98 Å². The molecule has 118 valence electrons. The molecule has 0 bridgehead atoms. The molecule has 6 heteroatoms. The van der Waals surface area contributed by atoms with Crippen molar-refractivity contribution >= 4 is 5.69 Å². The van der Waals surface area contributed by atoms with Gasteiger partial charge in [0.1, 0.15) is 0 Å². The Morgan fingerprint density at radius 2 is 2.00 bits per heavy atom. The monoisotopic (exact) mass is 319 g/mol. The van der Waals surface area contributed by atoms with E-state index in [1.54, 1.807) is 42.6 Å². The third-order valence-electron chi connectivity index (χ3n) is 3.74. The fourth-order valence-corrected chi connectivity index (χ4v) is 2.36. The summed E-state index contributed by atoms with van der Waals surface area (Å²) in [5, 5.41) is 19.7. The lowest BCUT2D eigenvalue weighted by atomic mass is 10.1. The van der Waals surface area contributed by atoms with Crippen molar-refractivity contribution in [2.75, 3.05) is 0 Å². The minimum absolute atomic E-state index is 0.0504. The predicted molar refractivity (Wildman–Crippen MR) is 87.3 cm³/mol. The van der Waals surface area contributed by atoms with Crippen molar-refractivity contribution in [2.24, 2.45) is 0 Å². The standard InChI is InChI=1S/C18H13N3O3/c1-12-2-7-16(21(22)23)8-15(12)9-18-20-11-17(24-18)14-5-3-13(10-19)4-6-14/h2-8,11H,9H2,1H3. The van der Waals surface area contributed by atoms with Crippen LogP contribution in [-0.4, -0.2) is 9.91 Å². The fraction of sp³-hybridized carbons (Fsp3) is 0.111. The number of nitro benzene ring substituents is 1. The van der Waals surface area contributed by atoms with Gasteiger partial charge in [-0.2, -0.15) is 5.26 Å². The zero-order valence-electron chi connectivity index (χ0n) is 12.9. The summed E-state index contributed by atoms with van der Waals surface area (Å²) < 4.78 is 5.74. The molecule has 0 spiro atoms. The van der Waals surface area contributed by atoms with Gasteiger partial charge >= 0.3 is 0 Å². The van der Waals surface area contributed by atoms with Gasteiger partial charge in [-0.3, -0.25) is 10.1 Å². The zero-order chi connectivity index (χ0) is 17.1. The normalized spacial score (nSPS) is 10.3. The number of nitrogens with zero attached hydrogens (tertiary/aromatic N) is 3. The van der Waals surface area contributed by atoms with Gasteiger partial charge < -0.3 is 4.42 Å². The lowest BCUT2D eigenvalue weighted by Gasteiger charge is -2.03. The van der Waals surface area contributed by atoms with E-state index in [2.05, 4.69) is 11.1 Å². The molecule has 3 aromatic rings. The summed E-state index contributed by atoms with van der Waals surface area (Å²) in [5.74, 6) is 1.08. The molecule has 2 aromatic carbocycles. The summed E-state index contributed by atoms with van der Waals surface area (Å²) in [6, 6.07) is 13.8. The Balaban J connectivity index is 1.85. The number of rotatable bonds is 4. The van der Waals surface area contributed by atoms with E-state index in [9.17, 15) is 10.1 Å². The Labute approximate surface area is 138 Å². The minimum Gasteiger partial charge on any atom is -0.440 e. The number of hydrogen-bond donors (Lipinski definition) is 0. The number of nitriles is 1. The molecule has 0 N–H and O–H groups in total. The molecule has 0 aliphatic rings. The van der Waals surface area contributed by atoms with E-state index < -0.39 is 4.92 Å². The van der Waals surface area contributed by atoms with E-state index in [-0.39, 0.29) is 5.69 Å². The maximum Gasteiger partial charge on any atom is 0.269 e. The lowest BCUT2D eigenvalue weighted by Crippen LogP contribution is -1.95. The van der Waals surface area contributed by atoms with Gasteiger partial charge in [0.2, 0.25) is 0 Å². The van der Waals surface area contributed by atoms with Crippen LogP contribution in [0.15, 0.2) is 53.1 Å². The predicted octanol–water partition coefficient (Wildman–Crippen LogP) is 4.02. The molecule has 0 saturated heterocycles. The minimum atomic E-state index is -0.416. The van der Waals surface area contributed by atoms with Gasteiger partial charge in [-0.15, -0.1) is 0 Å². The van der Waals surface area contributed by atoms with Crippen LogP contribution in [0.2, 0.25) is 0 Å². The zero-order valence-corrected chi connectivity index (χ0v) is 12.9. The molecule has 0 aliphatic heterocycles. The van der Waals surface area contributed by atoms with Gasteiger partial charge in [-0.05, 0) is 42.3 Å². The average molecular weight is 319 g/mol. The van der Waals surface area contributed by atoms with Crippen molar-refractivity contribution in [2.45, 2.75) is 13.3 Å². The maximum atomic E-state index is 10.9. The molecular weight excluding hydrogens is 306 g/mol. The highest BCUT2D eigenvalue weighted by atomic mass is 16.6. The third kappa shape index (κ3) is 3.15. The SMILES string of the molecule is Cc1ccc([N+](=O)[O-])cc1Cc1ncc(-c2ccc(C#N)cc2)o1. The number of aromatic nitrogens is 1. The average Bonchev–Trinajstić information content (AvgIpc) is 3.05. The van der Waals surface area contributed by atoms with Crippen LogP contribution in [0.25, 0.3) is 11.3 Å². The third-order valence-corrected chi connectivity index (χ3v) is 3.74. The number of aryl methyl sites for hydroxylation is 1. The van der Waals surface area contributed by atoms with E-state index in [0.717, 1.165) is 16.7 Å².